The van der Waals surface area contributed by atoms with Gasteiger partial charge in [-0.15, -0.1) is 0 Å². The van der Waals surface area contributed by atoms with E-state index < -0.39 is 11.0 Å². The lowest BCUT2D eigenvalue weighted by atomic mass is 9.53. The van der Waals surface area contributed by atoms with E-state index in [1.54, 1.807) is 0 Å². The predicted octanol–water partition coefficient (Wildman–Crippen LogP) is 6.33. The molecule has 198 valence electrons. The van der Waals surface area contributed by atoms with Crippen molar-refractivity contribution in [2.75, 3.05) is 13.2 Å². The number of aliphatic hydroxyl groups excluding tert-OH is 2. The van der Waals surface area contributed by atoms with Crippen molar-refractivity contribution >= 4 is 6.29 Å². The minimum absolute atomic E-state index is 0.0544. The van der Waals surface area contributed by atoms with Crippen LogP contribution in [0.4, 0.5) is 0 Å². The van der Waals surface area contributed by atoms with Crippen molar-refractivity contribution in [2.24, 2.45) is 28.6 Å². The Balaban J connectivity index is 2.27. The van der Waals surface area contributed by atoms with Gasteiger partial charge < -0.3 is 15.3 Å². The molecule has 0 bridgehead atoms. The van der Waals surface area contributed by atoms with Gasteiger partial charge in [-0.05, 0) is 95.0 Å². The highest BCUT2D eigenvalue weighted by molar-refractivity contribution is 5.74. The summed E-state index contributed by atoms with van der Waals surface area (Å²) in [6, 6.07) is 0. The summed E-state index contributed by atoms with van der Waals surface area (Å²) < 4.78 is 0. The van der Waals surface area contributed by atoms with Crippen LogP contribution in [0.2, 0.25) is 0 Å². The molecule has 0 aliphatic heterocycles. The van der Waals surface area contributed by atoms with E-state index in [1.165, 1.54) is 17.6 Å². The third kappa shape index (κ3) is 6.26. The Labute approximate surface area is 213 Å². The van der Waals surface area contributed by atoms with E-state index in [0.717, 1.165) is 24.7 Å². The first kappa shape index (κ1) is 29.7. The molecule has 0 aromatic heterocycles. The second kappa shape index (κ2) is 12.2. The molecule has 2 rings (SSSR count). The summed E-state index contributed by atoms with van der Waals surface area (Å²) in [5, 5.41) is 31.7. The molecule has 0 heterocycles. The second-order valence-electron chi connectivity index (χ2n) is 12.1. The molecule has 4 nitrogen and oxygen atoms in total. The number of allylic oxidation sites excluding steroid dienone is 7. The molecule has 5 atom stereocenters. The molecule has 0 amide bonds. The lowest BCUT2D eigenvalue weighted by molar-refractivity contribution is -0.146. The molecule has 2 fully saturated rings. The first-order valence-corrected chi connectivity index (χ1v) is 13.5. The van der Waals surface area contributed by atoms with Crippen molar-refractivity contribution in [1.82, 2.24) is 0 Å². The van der Waals surface area contributed by atoms with Crippen molar-refractivity contribution in [3.05, 3.63) is 47.1 Å². The van der Waals surface area contributed by atoms with Crippen LogP contribution in [0.15, 0.2) is 47.1 Å². The van der Waals surface area contributed by atoms with Crippen LogP contribution in [0.5, 0.6) is 0 Å². The van der Waals surface area contributed by atoms with Gasteiger partial charge in [0.2, 0.25) is 0 Å². The first-order chi connectivity index (χ1) is 16.4. The zero-order chi connectivity index (χ0) is 26.4. The largest absolute Gasteiger partial charge is 0.396 e. The highest BCUT2D eigenvalue weighted by atomic mass is 16.3. The molecule has 2 aliphatic carbocycles. The Bertz CT molecular complexity index is 844. The molecule has 0 radical (unpaired) electrons. The highest BCUT2D eigenvalue weighted by Crippen LogP contribution is 2.55. The van der Waals surface area contributed by atoms with Gasteiger partial charge in [0.1, 0.15) is 6.29 Å². The fraction of sp³-hybridized carbons (Fsp3) is 0.710. The summed E-state index contributed by atoms with van der Waals surface area (Å²) in [6.45, 7) is 17.0. The van der Waals surface area contributed by atoms with Gasteiger partial charge in [0.25, 0.3) is 0 Å². The Hall–Kier alpha value is -1.49. The molecule has 4 heteroatoms. The minimum atomic E-state index is -1.05. The summed E-state index contributed by atoms with van der Waals surface area (Å²) >= 11 is 0. The van der Waals surface area contributed by atoms with Gasteiger partial charge in [-0.25, -0.2) is 0 Å². The topological polar surface area (TPSA) is 77.8 Å². The fourth-order valence-corrected chi connectivity index (χ4v) is 6.63. The molecule has 0 aromatic rings. The lowest BCUT2D eigenvalue weighted by Crippen LogP contribution is -2.56. The van der Waals surface area contributed by atoms with Crippen LogP contribution >= 0.6 is 0 Å². The van der Waals surface area contributed by atoms with E-state index in [9.17, 15) is 20.1 Å². The molecule has 0 aromatic carbocycles. The van der Waals surface area contributed by atoms with E-state index >= 15 is 0 Å². The average molecular weight is 487 g/mol. The monoisotopic (exact) mass is 486 g/mol. The zero-order valence-corrected chi connectivity index (χ0v) is 23.1. The molecular weight excluding hydrogens is 436 g/mol. The van der Waals surface area contributed by atoms with Crippen molar-refractivity contribution < 1.29 is 20.1 Å². The lowest BCUT2D eigenvalue weighted by Gasteiger charge is -2.54. The van der Waals surface area contributed by atoms with Crippen LogP contribution in [-0.4, -0.2) is 40.4 Å². The number of aliphatic hydroxyl groups is 3. The number of hydrogen-bond donors (Lipinski definition) is 3. The number of carbonyl (C=O) groups excluding carboxylic acids is 1. The summed E-state index contributed by atoms with van der Waals surface area (Å²) in [5.74, 6) is 0.878. The fourth-order valence-electron chi connectivity index (χ4n) is 6.63. The van der Waals surface area contributed by atoms with Crippen molar-refractivity contribution in [3.63, 3.8) is 0 Å². The molecule has 2 aliphatic rings. The van der Waals surface area contributed by atoms with Gasteiger partial charge in [0.05, 0.1) is 12.2 Å². The maximum atomic E-state index is 11.6. The van der Waals surface area contributed by atoms with Crippen LogP contribution in [-0.2, 0) is 4.79 Å². The summed E-state index contributed by atoms with van der Waals surface area (Å²) in [4.78, 5) is 11.6. The highest BCUT2D eigenvalue weighted by Gasteiger charge is 2.55. The van der Waals surface area contributed by atoms with E-state index in [4.69, 9.17) is 0 Å². The van der Waals surface area contributed by atoms with Gasteiger partial charge in [-0.1, -0.05) is 62.3 Å². The Morgan fingerprint density at radius 3 is 2.46 bits per heavy atom. The Kier molecular flexibility index (Phi) is 10.3. The smallest absolute Gasteiger partial charge is 0.145 e. The third-order valence-corrected chi connectivity index (χ3v) is 9.68. The first-order valence-electron chi connectivity index (χ1n) is 13.5. The van der Waals surface area contributed by atoms with Crippen LogP contribution < -0.4 is 0 Å². The average Bonchev–Trinajstić information content (AvgIpc) is 2.80. The quantitative estimate of drug-likeness (QED) is 0.146. The van der Waals surface area contributed by atoms with Gasteiger partial charge in [0.15, 0.2) is 0 Å². The number of carbonyl (C=O) groups is 1. The minimum Gasteiger partial charge on any atom is -0.396 e. The van der Waals surface area contributed by atoms with Gasteiger partial charge >= 0.3 is 0 Å². The molecule has 0 spiro atoms. The van der Waals surface area contributed by atoms with Crippen molar-refractivity contribution in [2.45, 2.75) is 98.5 Å². The number of aldehydes is 1. The second-order valence-corrected chi connectivity index (χ2v) is 12.1. The van der Waals surface area contributed by atoms with Crippen LogP contribution in [0.25, 0.3) is 0 Å². The van der Waals surface area contributed by atoms with E-state index in [1.807, 2.05) is 13.8 Å². The molecular formula is C31H50O4. The normalized spacial score (nSPS) is 35.4. The summed E-state index contributed by atoms with van der Waals surface area (Å²) in [7, 11) is 0. The molecule has 0 unspecified atom stereocenters. The molecule has 3 N–H and O–H groups in total. The summed E-state index contributed by atoms with van der Waals surface area (Å²) in [6.07, 6.45) is 13.6. The van der Waals surface area contributed by atoms with Crippen LogP contribution in [0, 0.1) is 28.6 Å². The van der Waals surface area contributed by atoms with E-state index in [2.05, 4.69) is 52.5 Å². The summed E-state index contributed by atoms with van der Waals surface area (Å²) in [5.41, 5.74) is 2.59. The maximum absolute atomic E-state index is 11.6. The van der Waals surface area contributed by atoms with E-state index in [0.29, 0.717) is 49.5 Å². The maximum Gasteiger partial charge on any atom is 0.145 e. The molecule has 0 saturated heterocycles. The van der Waals surface area contributed by atoms with Crippen LogP contribution in [0.1, 0.15) is 92.9 Å². The Morgan fingerprint density at radius 1 is 1.17 bits per heavy atom. The Morgan fingerprint density at radius 2 is 1.86 bits per heavy atom. The standard InChI is InChI=1S/C31H50O4/c1-22(12-15-27-23(2)13-14-25(4)29(27,5)6)10-8-17-31(21-34)28(11-9-19-32)26(24(3)20-33)16-18-30(31,7)35/h10,12,15,20,25,27-28,32,34-35H,2,8-9,11,13-14,16-19,21H2,1,3-7H3/b15-12+,22-10+,26-24-/t25-,27+,28+,30-,31+/m0/s1. The SMILES string of the molecule is C=C1CC[C@H](C)C(C)(C)[C@@H]1/C=C/C(C)=C/CC[C@@]1(CO)[C@H](CCCO)/C(=C(/C)C=O)CC[C@]1(C)O. The predicted molar refractivity (Wildman–Crippen MR) is 145 cm³/mol. The van der Waals surface area contributed by atoms with Gasteiger partial charge in [-0.3, -0.25) is 4.79 Å². The van der Waals surface area contributed by atoms with Crippen LogP contribution in [0.3, 0.4) is 0 Å². The van der Waals surface area contributed by atoms with Gasteiger partial charge in [0, 0.05) is 17.9 Å². The molecule has 2 saturated carbocycles. The number of hydrogen-bond acceptors (Lipinski definition) is 4. The van der Waals surface area contributed by atoms with Gasteiger partial charge in [-0.2, -0.15) is 0 Å². The number of rotatable bonds is 10. The molecule has 35 heavy (non-hydrogen) atoms. The third-order valence-electron chi connectivity index (χ3n) is 9.68. The van der Waals surface area contributed by atoms with Crippen molar-refractivity contribution in [1.29, 1.82) is 0 Å². The van der Waals surface area contributed by atoms with E-state index in [-0.39, 0.29) is 24.5 Å². The van der Waals surface area contributed by atoms with Crippen molar-refractivity contribution in [3.8, 4) is 0 Å². The zero-order valence-electron chi connectivity index (χ0n) is 23.1.